The molecule has 0 aliphatic heterocycles. The van der Waals surface area contributed by atoms with Crippen LogP contribution in [-0.4, -0.2) is 28.2 Å². The molecule has 78 valence electrons. The number of halogens is 1. The van der Waals surface area contributed by atoms with Crippen molar-refractivity contribution < 1.29 is 4.79 Å². The molecule has 2 nitrogen and oxygen atoms in total. The van der Waals surface area contributed by atoms with Gasteiger partial charge in [0.15, 0.2) is 0 Å². The quantitative estimate of drug-likeness (QED) is 0.705. The molecule has 13 heavy (non-hydrogen) atoms. The Kier molecular flexibility index (Phi) is 4.43. The minimum absolute atomic E-state index is 0.133. The van der Waals surface area contributed by atoms with E-state index in [1.54, 1.807) is 4.90 Å². The van der Waals surface area contributed by atoms with E-state index in [0.717, 1.165) is 0 Å². The van der Waals surface area contributed by atoms with E-state index >= 15 is 0 Å². The summed E-state index contributed by atoms with van der Waals surface area (Å²) in [7, 11) is 1.86. The lowest BCUT2D eigenvalue weighted by atomic mass is 10.0. The number of alkyl halides is 1. The van der Waals surface area contributed by atoms with Gasteiger partial charge < -0.3 is 4.90 Å². The fourth-order valence-electron chi connectivity index (χ4n) is 1.05. The SMILES string of the molecule is CC(C)C(C)N(C)C(=O)C(C)(C)Br. The Morgan fingerprint density at radius 1 is 1.31 bits per heavy atom. The van der Waals surface area contributed by atoms with Crippen LogP contribution in [0.25, 0.3) is 0 Å². The average Bonchev–Trinajstić information content (AvgIpc) is 1.98. The minimum atomic E-state index is -0.453. The number of rotatable bonds is 3. The van der Waals surface area contributed by atoms with Gasteiger partial charge in [-0.05, 0) is 26.7 Å². The number of carbonyl (C=O) groups excluding carboxylic acids is 1. The van der Waals surface area contributed by atoms with Crippen LogP contribution in [-0.2, 0) is 4.79 Å². The first-order valence-corrected chi connectivity index (χ1v) is 5.43. The molecule has 0 spiro atoms. The molecule has 0 bridgehead atoms. The Balaban J connectivity index is 4.44. The smallest absolute Gasteiger partial charge is 0.238 e. The molecule has 0 saturated carbocycles. The molecular formula is C10H20BrNO. The lowest BCUT2D eigenvalue weighted by molar-refractivity contribution is -0.134. The third-order valence-corrected chi connectivity index (χ3v) is 2.74. The van der Waals surface area contributed by atoms with E-state index in [0.29, 0.717) is 5.92 Å². The van der Waals surface area contributed by atoms with Crippen LogP contribution in [0.2, 0.25) is 0 Å². The van der Waals surface area contributed by atoms with Crippen molar-refractivity contribution in [3.63, 3.8) is 0 Å². The topological polar surface area (TPSA) is 20.3 Å². The maximum absolute atomic E-state index is 11.8. The van der Waals surface area contributed by atoms with Crippen LogP contribution in [0.4, 0.5) is 0 Å². The van der Waals surface area contributed by atoms with Crippen molar-refractivity contribution >= 4 is 21.8 Å². The molecule has 1 atom stereocenters. The van der Waals surface area contributed by atoms with E-state index < -0.39 is 4.32 Å². The highest BCUT2D eigenvalue weighted by atomic mass is 79.9. The summed E-state index contributed by atoms with van der Waals surface area (Å²) in [6.45, 7) is 10.1. The Morgan fingerprint density at radius 2 is 1.69 bits per heavy atom. The van der Waals surface area contributed by atoms with E-state index in [1.165, 1.54) is 0 Å². The van der Waals surface area contributed by atoms with Crippen LogP contribution < -0.4 is 0 Å². The number of hydrogen-bond donors (Lipinski definition) is 0. The molecule has 0 aromatic rings. The fourth-order valence-corrected chi connectivity index (χ4v) is 1.33. The molecule has 0 fully saturated rings. The summed E-state index contributed by atoms with van der Waals surface area (Å²) in [5.41, 5.74) is 0. The van der Waals surface area contributed by atoms with Crippen LogP contribution in [0.5, 0.6) is 0 Å². The molecule has 0 aromatic carbocycles. The fraction of sp³-hybridized carbons (Fsp3) is 0.900. The predicted octanol–water partition coefficient (Wildman–Crippen LogP) is 2.66. The van der Waals surface area contributed by atoms with Gasteiger partial charge in [-0.1, -0.05) is 29.8 Å². The van der Waals surface area contributed by atoms with Crippen molar-refractivity contribution in [3.05, 3.63) is 0 Å². The molecule has 0 radical (unpaired) electrons. The van der Waals surface area contributed by atoms with Gasteiger partial charge in [0.1, 0.15) is 0 Å². The summed E-state index contributed by atoms with van der Waals surface area (Å²) >= 11 is 3.37. The summed E-state index contributed by atoms with van der Waals surface area (Å²) in [6, 6.07) is 0.282. The normalized spacial score (nSPS) is 14.5. The number of nitrogens with zero attached hydrogens (tertiary/aromatic N) is 1. The molecule has 0 saturated heterocycles. The molecule has 3 heteroatoms. The second-order valence-electron chi connectivity index (χ2n) is 4.37. The van der Waals surface area contributed by atoms with E-state index in [-0.39, 0.29) is 11.9 Å². The molecule has 0 rings (SSSR count). The molecular weight excluding hydrogens is 230 g/mol. The van der Waals surface area contributed by atoms with Crippen LogP contribution >= 0.6 is 15.9 Å². The summed E-state index contributed by atoms with van der Waals surface area (Å²) in [6.07, 6.45) is 0. The Labute approximate surface area is 89.8 Å². The lowest BCUT2D eigenvalue weighted by Gasteiger charge is -2.32. The highest BCUT2D eigenvalue weighted by Crippen LogP contribution is 2.21. The number of carbonyl (C=O) groups is 1. The van der Waals surface area contributed by atoms with E-state index in [1.807, 2.05) is 20.9 Å². The van der Waals surface area contributed by atoms with Gasteiger partial charge >= 0.3 is 0 Å². The maximum atomic E-state index is 11.8. The molecule has 0 aromatic heterocycles. The van der Waals surface area contributed by atoms with Crippen molar-refractivity contribution in [2.45, 2.75) is 45.0 Å². The zero-order valence-electron chi connectivity index (χ0n) is 9.39. The third kappa shape index (κ3) is 3.67. The van der Waals surface area contributed by atoms with Crippen molar-refractivity contribution in [1.82, 2.24) is 4.90 Å². The zero-order chi connectivity index (χ0) is 10.8. The van der Waals surface area contributed by atoms with Gasteiger partial charge in [0.25, 0.3) is 0 Å². The standard InChI is InChI=1S/C10H20BrNO/c1-7(2)8(3)12(6)9(13)10(4,5)11/h7-8H,1-6H3. The number of amides is 1. The highest BCUT2D eigenvalue weighted by molar-refractivity contribution is 9.10. The molecule has 0 aliphatic rings. The van der Waals surface area contributed by atoms with Crippen LogP contribution in [0, 0.1) is 5.92 Å². The van der Waals surface area contributed by atoms with Crippen LogP contribution in [0.3, 0.4) is 0 Å². The second kappa shape index (κ2) is 4.45. The molecule has 1 amide bonds. The first-order valence-electron chi connectivity index (χ1n) is 4.64. The first kappa shape index (κ1) is 12.9. The van der Waals surface area contributed by atoms with Gasteiger partial charge in [-0.15, -0.1) is 0 Å². The Morgan fingerprint density at radius 3 is 1.92 bits per heavy atom. The van der Waals surface area contributed by atoms with Gasteiger partial charge in [0, 0.05) is 13.1 Å². The summed E-state index contributed by atoms with van der Waals surface area (Å²) in [5, 5.41) is 0. The van der Waals surface area contributed by atoms with Crippen molar-refractivity contribution in [2.75, 3.05) is 7.05 Å². The van der Waals surface area contributed by atoms with E-state index in [2.05, 4.69) is 36.7 Å². The largest absolute Gasteiger partial charge is 0.342 e. The maximum Gasteiger partial charge on any atom is 0.238 e. The zero-order valence-corrected chi connectivity index (χ0v) is 11.0. The molecule has 0 heterocycles. The summed E-state index contributed by atoms with van der Waals surface area (Å²) in [5.74, 6) is 0.623. The predicted molar refractivity (Wildman–Crippen MR) is 60.1 cm³/mol. The summed E-state index contributed by atoms with van der Waals surface area (Å²) in [4.78, 5) is 13.6. The highest BCUT2D eigenvalue weighted by Gasteiger charge is 2.30. The van der Waals surface area contributed by atoms with Gasteiger partial charge in [-0.25, -0.2) is 0 Å². The first-order chi connectivity index (χ1) is 5.68. The second-order valence-corrected chi connectivity index (χ2v) is 6.36. The molecule has 1 unspecified atom stereocenters. The Bertz CT molecular complexity index is 184. The van der Waals surface area contributed by atoms with Gasteiger partial charge in [-0.3, -0.25) is 4.79 Å². The van der Waals surface area contributed by atoms with Crippen molar-refractivity contribution in [3.8, 4) is 0 Å². The van der Waals surface area contributed by atoms with E-state index in [4.69, 9.17) is 0 Å². The summed E-state index contributed by atoms with van der Waals surface area (Å²) < 4.78 is -0.453. The van der Waals surface area contributed by atoms with E-state index in [9.17, 15) is 4.79 Å². The van der Waals surface area contributed by atoms with Crippen molar-refractivity contribution in [2.24, 2.45) is 5.92 Å². The van der Waals surface area contributed by atoms with Crippen LogP contribution in [0.15, 0.2) is 0 Å². The van der Waals surface area contributed by atoms with Gasteiger partial charge in [0.2, 0.25) is 5.91 Å². The lowest BCUT2D eigenvalue weighted by Crippen LogP contribution is -2.45. The monoisotopic (exact) mass is 249 g/mol. The van der Waals surface area contributed by atoms with Crippen LogP contribution in [0.1, 0.15) is 34.6 Å². The van der Waals surface area contributed by atoms with Gasteiger partial charge in [-0.2, -0.15) is 0 Å². The molecule has 0 aliphatic carbocycles. The van der Waals surface area contributed by atoms with Crippen molar-refractivity contribution in [1.29, 1.82) is 0 Å². The molecule has 0 N–H and O–H groups in total. The average molecular weight is 250 g/mol. The Hall–Kier alpha value is -0.0500. The third-order valence-electron chi connectivity index (χ3n) is 2.40. The number of hydrogen-bond acceptors (Lipinski definition) is 1. The van der Waals surface area contributed by atoms with Gasteiger partial charge in [0.05, 0.1) is 4.32 Å². The minimum Gasteiger partial charge on any atom is -0.342 e.